The summed E-state index contributed by atoms with van der Waals surface area (Å²) in [5, 5.41) is 1.16. The minimum absolute atomic E-state index is 0.185. The van der Waals surface area contributed by atoms with Crippen LogP contribution in [0.3, 0.4) is 0 Å². The molecule has 0 saturated carbocycles. The summed E-state index contributed by atoms with van der Waals surface area (Å²) in [7, 11) is 0. The van der Waals surface area contributed by atoms with Gasteiger partial charge in [-0.2, -0.15) is 0 Å². The van der Waals surface area contributed by atoms with Crippen molar-refractivity contribution in [2.75, 3.05) is 32.7 Å². The predicted octanol–water partition coefficient (Wildman–Crippen LogP) is 3.51. The maximum absolute atomic E-state index is 12.7. The van der Waals surface area contributed by atoms with Gasteiger partial charge in [0.2, 0.25) is 0 Å². The normalized spacial score (nSPS) is 20.1. The molecule has 0 spiro atoms. The van der Waals surface area contributed by atoms with E-state index in [9.17, 15) is 4.79 Å². The number of piperidine rings is 1. The lowest BCUT2D eigenvalue weighted by atomic mass is 9.93. The highest BCUT2D eigenvalue weighted by Crippen LogP contribution is 2.24. The third-order valence-electron chi connectivity index (χ3n) is 5.76. The van der Waals surface area contributed by atoms with Crippen LogP contribution in [0, 0.1) is 5.92 Å². The van der Waals surface area contributed by atoms with Crippen molar-refractivity contribution in [3.05, 3.63) is 36.0 Å². The number of rotatable bonds is 4. The molecule has 0 aliphatic carbocycles. The molecule has 4 rings (SSSR count). The highest BCUT2D eigenvalue weighted by Gasteiger charge is 2.24. The first-order valence-electron chi connectivity index (χ1n) is 9.38. The minimum atomic E-state index is 0.185. The van der Waals surface area contributed by atoms with Gasteiger partial charge in [0.15, 0.2) is 0 Å². The Hall–Kier alpha value is -1.81. The number of nitrogens with zero attached hydrogens (tertiary/aromatic N) is 2. The summed E-state index contributed by atoms with van der Waals surface area (Å²) in [5.41, 5.74) is 1.85. The maximum Gasteiger partial charge on any atom is 0.253 e. The molecule has 3 heterocycles. The van der Waals surface area contributed by atoms with Crippen LogP contribution in [0.4, 0.5) is 0 Å². The quantitative estimate of drug-likeness (QED) is 0.934. The zero-order valence-electron chi connectivity index (χ0n) is 14.3. The van der Waals surface area contributed by atoms with E-state index in [0.717, 1.165) is 48.3 Å². The van der Waals surface area contributed by atoms with Crippen molar-refractivity contribution in [1.29, 1.82) is 0 Å². The van der Waals surface area contributed by atoms with Crippen LogP contribution in [0.1, 0.15) is 42.5 Å². The Morgan fingerprint density at radius 3 is 2.67 bits per heavy atom. The average molecular weight is 325 g/mol. The number of likely N-dealkylation sites (tertiary alicyclic amines) is 2. The molecule has 2 saturated heterocycles. The van der Waals surface area contributed by atoms with Crippen molar-refractivity contribution in [1.82, 2.24) is 14.8 Å². The second kappa shape index (κ2) is 6.98. The molecule has 1 aromatic heterocycles. The van der Waals surface area contributed by atoms with E-state index in [0.29, 0.717) is 0 Å². The number of hydrogen-bond donors (Lipinski definition) is 1. The van der Waals surface area contributed by atoms with E-state index in [-0.39, 0.29) is 5.91 Å². The van der Waals surface area contributed by atoms with Crippen molar-refractivity contribution >= 4 is 16.8 Å². The molecule has 1 amide bonds. The smallest absolute Gasteiger partial charge is 0.253 e. The van der Waals surface area contributed by atoms with Gasteiger partial charge in [-0.05, 0) is 81.2 Å². The van der Waals surface area contributed by atoms with Crippen LogP contribution in [0.2, 0.25) is 0 Å². The summed E-state index contributed by atoms with van der Waals surface area (Å²) in [4.78, 5) is 20.6. The zero-order valence-corrected chi connectivity index (χ0v) is 14.3. The molecule has 2 aliphatic rings. The van der Waals surface area contributed by atoms with Gasteiger partial charge in [0.25, 0.3) is 5.91 Å². The molecular formula is C20H27N3O. The molecule has 1 aromatic carbocycles. The second-order valence-electron chi connectivity index (χ2n) is 7.35. The van der Waals surface area contributed by atoms with Gasteiger partial charge in [-0.3, -0.25) is 4.79 Å². The summed E-state index contributed by atoms with van der Waals surface area (Å²) in [6.45, 7) is 5.65. The fourth-order valence-corrected chi connectivity index (χ4v) is 4.16. The molecule has 2 aliphatic heterocycles. The van der Waals surface area contributed by atoms with Crippen LogP contribution in [-0.4, -0.2) is 53.4 Å². The fraction of sp³-hybridized carbons (Fsp3) is 0.550. The molecule has 4 nitrogen and oxygen atoms in total. The van der Waals surface area contributed by atoms with Gasteiger partial charge >= 0.3 is 0 Å². The monoisotopic (exact) mass is 325 g/mol. The Morgan fingerprint density at radius 1 is 1.08 bits per heavy atom. The first-order valence-corrected chi connectivity index (χ1v) is 9.38. The zero-order chi connectivity index (χ0) is 16.4. The lowest BCUT2D eigenvalue weighted by Gasteiger charge is -2.32. The van der Waals surface area contributed by atoms with Gasteiger partial charge in [0, 0.05) is 30.4 Å². The SMILES string of the molecule is O=C(c1ccc2cc[nH]c2c1)N1CCC(CCN2CCCC2)CC1. The summed E-state index contributed by atoms with van der Waals surface area (Å²) < 4.78 is 0. The van der Waals surface area contributed by atoms with Gasteiger partial charge in [-0.25, -0.2) is 0 Å². The third-order valence-corrected chi connectivity index (χ3v) is 5.76. The molecule has 24 heavy (non-hydrogen) atoms. The molecule has 0 bridgehead atoms. The summed E-state index contributed by atoms with van der Waals surface area (Å²) in [6, 6.07) is 8.01. The minimum Gasteiger partial charge on any atom is -0.361 e. The molecule has 2 aromatic rings. The van der Waals surface area contributed by atoms with Crippen LogP contribution >= 0.6 is 0 Å². The van der Waals surface area contributed by atoms with E-state index in [1.807, 2.05) is 35.4 Å². The number of hydrogen-bond acceptors (Lipinski definition) is 2. The van der Waals surface area contributed by atoms with E-state index >= 15 is 0 Å². The number of amides is 1. The summed E-state index contributed by atoms with van der Waals surface area (Å²) in [6.07, 6.45) is 8.28. The second-order valence-corrected chi connectivity index (χ2v) is 7.35. The molecule has 0 radical (unpaired) electrons. The van der Waals surface area contributed by atoms with Gasteiger partial charge in [0.1, 0.15) is 0 Å². The topological polar surface area (TPSA) is 39.3 Å². The summed E-state index contributed by atoms with van der Waals surface area (Å²) in [5.74, 6) is 0.977. The lowest BCUT2D eigenvalue weighted by Crippen LogP contribution is -2.39. The Kier molecular flexibility index (Phi) is 4.56. The van der Waals surface area contributed by atoms with Crippen LogP contribution in [-0.2, 0) is 0 Å². The van der Waals surface area contributed by atoms with Crippen LogP contribution in [0.15, 0.2) is 30.5 Å². The molecule has 2 fully saturated rings. The van der Waals surface area contributed by atoms with Crippen molar-refractivity contribution in [3.8, 4) is 0 Å². The first-order chi connectivity index (χ1) is 11.8. The number of carbonyl (C=O) groups excluding carboxylic acids is 1. The van der Waals surface area contributed by atoms with E-state index in [4.69, 9.17) is 0 Å². The number of H-pyrrole nitrogens is 1. The highest BCUT2D eigenvalue weighted by molar-refractivity contribution is 5.97. The number of aromatic nitrogens is 1. The number of fused-ring (bicyclic) bond motifs is 1. The Balaban J connectivity index is 1.30. The summed E-state index contributed by atoms with van der Waals surface area (Å²) >= 11 is 0. The Labute approximate surface area is 143 Å². The average Bonchev–Trinajstić information content (AvgIpc) is 3.30. The van der Waals surface area contributed by atoms with Crippen LogP contribution < -0.4 is 0 Å². The molecule has 128 valence electrons. The Morgan fingerprint density at radius 2 is 1.88 bits per heavy atom. The van der Waals surface area contributed by atoms with Gasteiger partial charge < -0.3 is 14.8 Å². The molecule has 4 heteroatoms. The van der Waals surface area contributed by atoms with Gasteiger partial charge in [0.05, 0.1) is 0 Å². The van der Waals surface area contributed by atoms with E-state index in [2.05, 4.69) is 9.88 Å². The third kappa shape index (κ3) is 3.34. The van der Waals surface area contributed by atoms with Crippen molar-refractivity contribution in [2.24, 2.45) is 5.92 Å². The van der Waals surface area contributed by atoms with Crippen LogP contribution in [0.5, 0.6) is 0 Å². The van der Waals surface area contributed by atoms with Crippen molar-refractivity contribution < 1.29 is 4.79 Å². The van der Waals surface area contributed by atoms with Gasteiger partial charge in [-0.1, -0.05) is 6.07 Å². The number of nitrogens with one attached hydrogen (secondary N) is 1. The standard InChI is InChI=1S/C20H27N3O/c24-20(18-4-3-17-5-9-21-19(17)15-18)23-13-7-16(8-14-23)6-12-22-10-1-2-11-22/h3-5,9,15-16,21H,1-2,6-8,10-14H2. The van der Waals surface area contributed by atoms with E-state index in [1.54, 1.807) is 0 Å². The van der Waals surface area contributed by atoms with Gasteiger partial charge in [-0.15, -0.1) is 0 Å². The number of aromatic amines is 1. The fourth-order valence-electron chi connectivity index (χ4n) is 4.16. The Bertz CT molecular complexity index is 694. The number of carbonyl (C=O) groups is 1. The molecular weight excluding hydrogens is 298 g/mol. The highest BCUT2D eigenvalue weighted by atomic mass is 16.2. The molecule has 0 atom stereocenters. The number of benzene rings is 1. The van der Waals surface area contributed by atoms with Crippen LogP contribution in [0.25, 0.3) is 10.9 Å². The maximum atomic E-state index is 12.7. The van der Waals surface area contributed by atoms with Crippen molar-refractivity contribution in [2.45, 2.75) is 32.1 Å². The van der Waals surface area contributed by atoms with E-state index < -0.39 is 0 Å². The molecule has 1 N–H and O–H groups in total. The lowest BCUT2D eigenvalue weighted by molar-refractivity contribution is 0.0682. The predicted molar refractivity (Wildman–Crippen MR) is 97.2 cm³/mol. The first kappa shape index (κ1) is 15.7. The van der Waals surface area contributed by atoms with Crippen molar-refractivity contribution in [3.63, 3.8) is 0 Å². The van der Waals surface area contributed by atoms with E-state index in [1.165, 1.54) is 38.9 Å². The largest absolute Gasteiger partial charge is 0.361 e. The molecule has 0 unspecified atom stereocenters.